The van der Waals surface area contributed by atoms with Crippen molar-refractivity contribution in [2.24, 2.45) is 12.8 Å². The van der Waals surface area contributed by atoms with Crippen LogP contribution in [0.25, 0.3) is 10.9 Å². The molecule has 0 fully saturated rings. The maximum Gasteiger partial charge on any atom is 0.274 e. The first-order valence-corrected chi connectivity index (χ1v) is 5.51. The molecule has 2 N–H and O–H groups in total. The van der Waals surface area contributed by atoms with E-state index in [1.54, 1.807) is 4.68 Å². The van der Waals surface area contributed by atoms with Crippen LogP contribution in [0.2, 0.25) is 0 Å². The fourth-order valence-electron chi connectivity index (χ4n) is 2.04. The minimum absolute atomic E-state index is 0.00974. The molecule has 0 saturated carbocycles. The van der Waals surface area contributed by atoms with E-state index in [0.29, 0.717) is 6.54 Å². The van der Waals surface area contributed by atoms with Crippen LogP contribution in [0.5, 0.6) is 0 Å². The van der Waals surface area contributed by atoms with Crippen molar-refractivity contribution in [2.75, 3.05) is 0 Å². The molecule has 0 radical (unpaired) electrons. The van der Waals surface area contributed by atoms with Crippen molar-refractivity contribution in [1.29, 1.82) is 0 Å². The maximum atomic E-state index is 12.0. The Bertz CT molecular complexity index is 578. The Labute approximate surface area is 94.3 Å². The average Bonchev–Trinajstić information content (AvgIpc) is 2.51. The first-order chi connectivity index (χ1) is 7.56. The Morgan fingerprint density at radius 1 is 1.44 bits per heavy atom. The number of hydrogen-bond donors (Lipinski definition) is 1. The minimum Gasteiger partial charge on any atom is -0.324 e. The summed E-state index contributed by atoms with van der Waals surface area (Å²) in [7, 11) is 1.90. The van der Waals surface area contributed by atoms with Crippen LogP contribution in [0, 0.1) is 0 Å². The monoisotopic (exact) mass is 219 g/mol. The number of fused-ring (bicyclic) bond motifs is 1. The van der Waals surface area contributed by atoms with Gasteiger partial charge in [-0.15, -0.1) is 0 Å². The van der Waals surface area contributed by atoms with E-state index in [1.807, 2.05) is 43.8 Å². The zero-order chi connectivity index (χ0) is 11.9. The Morgan fingerprint density at radius 3 is 2.69 bits per heavy atom. The molecule has 0 aliphatic rings. The van der Waals surface area contributed by atoms with Gasteiger partial charge in [0.05, 0.1) is 10.9 Å². The predicted molar refractivity (Wildman–Crippen MR) is 65.5 cm³/mol. The highest BCUT2D eigenvalue weighted by molar-refractivity contribution is 5.79. The summed E-state index contributed by atoms with van der Waals surface area (Å²) in [5, 5.41) is 0.758. The summed E-state index contributed by atoms with van der Waals surface area (Å²) in [6.07, 6.45) is 0. The minimum atomic E-state index is -0.00974. The molecule has 1 aromatic carbocycles. The molecule has 1 unspecified atom stereocenters. The Kier molecular flexibility index (Phi) is 2.59. The summed E-state index contributed by atoms with van der Waals surface area (Å²) in [6.45, 7) is 4.58. The molecule has 2 rings (SSSR count). The summed E-state index contributed by atoms with van der Waals surface area (Å²) in [5.41, 5.74) is 7.90. The third kappa shape index (κ3) is 1.46. The van der Waals surface area contributed by atoms with Crippen molar-refractivity contribution in [3.05, 3.63) is 34.1 Å². The standard InChI is InChI=1S/C12H17N3O/c1-4-15-12(16)10-6-5-9(8(2)13)7-11(10)14(15)3/h5-8H,4,13H2,1-3H3. The van der Waals surface area contributed by atoms with Crippen molar-refractivity contribution >= 4 is 10.9 Å². The van der Waals surface area contributed by atoms with Gasteiger partial charge in [0.1, 0.15) is 0 Å². The van der Waals surface area contributed by atoms with E-state index in [-0.39, 0.29) is 11.6 Å². The lowest BCUT2D eigenvalue weighted by molar-refractivity contribution is 0.532. The van der Waals surface area contributed by atoms with Crippen molar-refractivity contribution in [3.8, 4) is 0 Å². The van der Waals surface area contributed by atoms with Gasteiger partial charge in [0.25, 0.3) is 5.56 Å². The van der Waals surface area contributed by atoms with Crippen molar-refractivity contribution in [1.82, 2.24) is 9.36 Å². The van der Waals surface area contributed by atoms with Crippen LogP contribution in [-0.4, -0.2) is 9.36 Å². The fraction of sp³-hybridized carbons (Fsp3) is 0.417. The van der Waals surface area contributed by atoms with Gasteiger partial charge in [-0.05, 0) is 31.5 Å². The number of aromatic nitrogens is 2. The number of nitrogens with two attached hydrogens (primary N) is 1. The molecule has 0 amide bonds. The molecular weight excluding hydrogens is 202 g/mol. The van der Waals surface area contributed by atoms with Gasteiger partial charge in [-0.3, -0.25) is 14.2 Å². The predicted octanol–water partition coefficient (Wildman–Crippen LogP) is 1.38. The topological polar surface area (TPSA) is 52.9 Å². The van der Waals surface area contributed by atoms with E-state index in [2.05, 4.69) is 0 Å². The van der Waals surface area contributed by atoms with Gasteiger partial charge in [-0.25, -0.2) is 0 Å². The van der Waals surface area contributed by atoms with Crippen LogP contribution in [0.3, 0.4) is 0 Å². The van der Waals surface area contributed by atoms with Crippen LogP contribution in [0.4, 0.5) is 0 Å². The van der Waals surface area contributed by atoms with E-state index < -0.39 is 0 Å². The molecule has 4 nitrogen and oxygen atoms in total. The maximum absolute atomic E-state index is 12.0. The fourth-order valence-corrected chi connectivity index (χ4v) is 2.04. The van der Waals surface area contributed by atoms with E-state index in [0.717, 1.165) is 16.5 Å². The first kappa shape index (κ1) is 11.0. The largest absolute Gasteiger partial charge is 0.324 e. The number of hydrogen-bond acceptors (Lipinski definition) is 2. The zero-order valence-electron chi connectivity index (χ0n) is 9.90. The van der Waals surface area contributed by atoms with E-state index in [4.69, 9.17) is 5.73 Å². The third-order valence-corrected chi connectivity index (χ3v) is 3.02. The normalized spacial score (nSPS) is 13.2. The van der Waals surface area contributed by atoms with Crippen LogP contribution in [0.1, 0.15) is 25.5 Å². The molecule has 2 aromatic rings. The van der Waals surface area contributed by atoms with Gasteiger partial charge in [0.2, 0.25) is 0 Å². The Morgan fingerprint density at radius 2 is 2.12 bits per heavy atom. The van der Waals surface area contributed by atoms with Crippen molar-refractivity contribution in [3.63, 3.8) is 0 Å². The molecule has 1 aromatic heterocycles. The van der Waals surface area contributed by atoms with Crippen molar-refractivity contribution in [2.45, 2.75) is 26.4 Å². The van der Waals surface area contributed by atoms with Gasteiger partial charge >= 0.3 is 0 Å². The quantitative estimate of drug-likeness (QED) is 0.829. The molecular formula is C12H17N3O. The number of nitrogens with zero attached hydrogens (tertiary/aromatic N) is 2. The SMILES string of the molecule is CCn1c(=O)c2ccc(C(C)N)cc2n1C. The van der Waals surface area contributed by atoms with E-state index in [1.165, 1.54) is 0 Å². The van der Waals surface area contributed by atoms with Crippen molar-refractivity contribution < 1.29 is 0 Å². The third-order valence-electron chi connectivity index (χ3n) is 3.02. The van der Waals surface area contributed by atoms with Gasteiger partial charge < -0.3 is 5.73 Å². The zero-order valence-corrected chi connectivity index (χ0v) is 9.90. The summed E-state index contributed by atoms with van der Waals surface area (Å²) in [5.74, 6) is 0. The Balaban J connectivity index is 2.79. The number of benzene rings is 1. The molecule has 0 aliphatic carbocycles. The summed E-state index contributed by atoms with van der Waals surface area (Å²) >= 11 is 0. The lowest BCUT2D eigenvalue weighted by atomic mass is 10.1. The molecule has 86 valence electrons. The molecule has 1 heterocycles. The molecule has 1 atom stereocenters. The smallest absolute Gasteiger partial charge is 0.274 e. The molecule has 0 bridgehead atoms. The van der Waals surface area contributed by atoms with Crippen LogP contribution < -0.4 is 11.3 Å². The van der Waals surface area contributed by atoms with Crippen LogP contribution >= 0.6 is 0 Å². The summed E-state index contributed by atoms with van der Waals surface area (Å²) in [6, 6.07) is 5.77. The van der Waals surface area contributed by atoms with Crippen LogP contribution in [-0.2, 0) is 13.6 Å². The van der Waals surface area contributed by atoms with Gasteiger partial charge in [-0.1, -0.05) is 6.07 Å². The summed E-state index contributed by atoms with van der Waals surface area (Å²) in [4.78, 5) is 12.0. The van der Waals surface area contributed by atoms with E-state index >= 15 is 0 Å². The van der Waals surface area contributed by atoms with E-state index in [9.17, 15) is 4.79 Å². The van der Waals surface area contributed by atoms with Gasteiger partial charge in [0.15, 0.2) is 0 Å². The first-order valence-electron chi connectivity index (χ1n) is 5.51. The molecule has 0 saturated heterocycles. The number of aryl methyl sites for hydroxylation is 1. The second-order valence-corrected chi connectivity index (χ2v) is 4.11. The highest BCUT2D eigenvalue weighted by Crippen LogP contribution is 2.17. The molecule has 4 heteroatoms. The Hall–Kier alpha value is -1.55. The summed E-state index contributed by atoms with van der Waals surface area (Å²) < 4.78 is 3.61. The lowest BCUT2D eigenvalue weighted by Crippen LogP contribution is -2.19. The van der Waals surface area contributed by atoms with Gasteiger partial charge in [0, 0.05) is 19.6 Å². The molecule has 0 aliphatic heterocycles. The average molecular weight is 219 g/mol. The van der Waals surface area contributed by atoms with Gasteiger partial charge in [-0.2, -0.15) is 0 Å². The second kappa shape index (κ2) is 3.79. The lowest BCUT2D eigenvalue weighted by Gasteiger charge is -2.06. The highest BCUT2D eigenvalue weighted by atomic mass is 16.1. The van der Waals surface area contributed by atoms with Crippen LogP contribution in [0.15, 0.2) is 23.0 Å². The molecule has 0 spiro atoms. The number of rotatable bonds is 2. The second-order valence-electron chi connectivity index (χ2n) is 4.11. The highest BCUT2D eigenvalue weighted by Gasteiger charge is 2.10. The molecule has 16 heavy (non-hydrogen) atoms.